The van der Waals surface area contributed by atoms with Crippen molar-refractivity contribution in [3.8, 4) is 0 Å². The van der Waals surface area contributed by atoms with Crippen LogP contribution in [0.15, 0.2) is 12.3 Å². The SMILES string of the molecule is Cc1cnc(NC2CC3CCC2O3)c(N)c1. The normalized spacial score (nSPS) is 31.9. The van der Waals surface area contributed by atoms with E-state index in [1.807, 2.05) is 19.2 Å². The van der Waals surface area contributed by atoms with Gasteiger partial charge < -0.3 is 15.8 Å². The number of rotatable bonds is 2. The Morgan fingerprint density at radius 2 is 2.38 bits per heavy atom. The van der Waals surface area contributed by atoms with Crippen LogP contribution in [-0.4, -0.2) is 23.2 Å². The largest absolute Gasteiger partial charge is 0.396 e. The maximum absolute atomic E-state index is 5.93. The Kier molecular flexibility index (Phi) is 2.24. The van der Waals surface area contributed by atoms with Crippen molar-refractivity contribution in [3.63, 3.8) is 0 Å². The summed E-state index contributed by atoms with van der Waals surface area (Å²) in [5.41, 5.74) is 7.75. The van der Waals surface area contributed by atoms with E-state index in [9.17, 15) is 0 Å². The minimum Gasteiger partial charge on any atom is -0.396 e. The van der Waals surface area contributed by atoms with Gasteiger partial charge in [0.2, 0.25) is 0 Å². The molecule has 3 unspecified atom stereocenters. The van der Waals surface area contributed by atoms with E-state index in [0.717, 1.165) is 29.9 Å². The van der Waals surface area contributed by atoms with Crippen LogP contribution in [0.4, 0.5) is 11.5 Å². The molecule has 2 bridgehead atoms. The van der Waals surface area contributed by atoms with Crippen molar-refractivity contribution >= 4 is 11.5 Å². The Morgan fingerprint density at radius 1 is 1.50 bits per heavy atom. The average Bonchev–Trinajstić information content (AvgIpc) is 2.84. The van der Waals surface area contributed by atoms with Crippen molar-refractivity contribution < 1.29 is 4.74 Å². The predicted octanol–water partition coefficient (Wildman–Crippen LogP) is 1.70. The van der Waals surface area contributed by atoms with Crippen LogP contribution in [0.2, 0.25) is 0 Å². The summed E-state index contributed by atoms with van der Waals surface area (Å²) in [5, 5.41) is 3.41. The lowest BCUT2D eigenvalue weighted by Gasteiger charge is -2.21. The zero-order valence-electron chi connectivity index (χ0n) is 9.44. The van der Waals surface area contributed by atoms with Crippen molar-refractivity contribution in [1.29, 1.82) is 0 Å². The van der Waals surface area contributed by atoms with Crippen LogP contribution >= 0.6 is 0 Å². The summed E-state index contributed by atoms with van der Waals surface area (Å²) in [5.74, 6) is 0.798. The molecule has 4 nitrogen and oxygen atoms in total. The van der Waals surface area contributed by atoms with E-state index in [4.69, 9.17) is 10.5 Å². The molecule has 2 saturated heterocycles. The standard InChI is InChI=1S/C12H17N3O/c1-7-4-9(13)12(14-6-7)15-10-5-8-2-3-11(10)16-8/h4,6,8,10-11H,2-3,5,13H2,1H3,(H,14,15). The highest BCUT2D eigenvalue weighted by Gasteiger charge is 2.40. The first-order chi connectivity index (χ1) is 7.72. The molecule has 0 aromatic carbocycles. The second-order valence-corrected chi connectivity index (χ2v) is 4.81. The molecule has 2 fully saturated rings. The van der Waals surface area contributed by atoms with Gasteiger partial charge in [0.15, 0.2) is 0 Å². The number of hydrogen-bond acceptors (Lipinski definition) is 4. The molecule has 2 aliphatic heterocycles. The van der Waals surface area contributed by atoms with Gasteiger partial charge in [-0.2, -0.15) is 0 Å². The summed E-state index contributed by atoms with van der Waals surface area (Å²) in [6, 6.07) is 2.33. The monoisotopic (exact) mass is 219 g/mol. The number of pyridine rings is 1. The Morgan fingerprint density at radius 3 is 3.00 bits per heavy atom. The number of anilines is 2. The number of nitrogens with zero attached hydrogens (tertiary/aromatic N) is 1. The van der Waals surface area contributed by atoms with Crippen LogP contribution in [-0.2, 0) is 4.74 Å². The van der Waals surface area contributed by atoms with Crippen molar-refractivity contribution in [3.05, 3.63) is 17.8 Å². The Labute approximate surface area is 95.2 Å². The molecule has 86 valence electrons. The molecule has 3 heterocycles. The molecule has 0 aliphatic carbocycles. The molecule has 2 aliphatic rings. The van der Waals surface area contributed by atoms with Crippen molar-refractivity contribution in [2.24, 2.45) is 0 Å². The lowest BCUT2D eigenvalue weighted by molar-refractivity contribution is 0.102. The van der Waals surface area contributed by atoms with E-state index in [2.05, 4.69) is 10.3 Å². The molecule has 0 radical (unpaired) electrons. The summed E-state index contributed by atoms with van der Waals surface area (Å²) in [4.78, 5) is 4.33. The first-order valence-corrected chi connectivity index (χ1v) is 5.86. The van der Waals surface area contributed by atoms with E-state index in [1.165, 1.54) is 6.42 Å². The third kappa shape index (κ3) is 1.63. The topological polar surface area (TPSA) is 60.2 Å². The predicted molar refractivity (Wildman–Crippen MR) is 63.3 cm³/mol. The zero-order chi connectivity index (χ0) is 11.1. The van der Waals surface area contributed by atoms with E-state index in [-0.39, 0.29) is 0 Å². The molecule has 0 amide bonds. The number of nitrogens with one attached hydrogen (secondary N) is 1. The van der Waals surface area contributed by atoms with Crippen LogP contribution in [0.3, 0.4) is 0 Å². The molecule has 1 aromatic rings. The number of ether oxygens (including phenoxy) is 1. The van der Waals surface area contributed by atoms with E-state index < -0.39 is 0 Å². The third-order valence-electron chi connectivity index (χ3n) is 3.48. The Balaban J connectivity index is 1.74. The molecule has 0 spiro atoms. The number of fused-ring (bicyclic) bond motifs is 2. The van der Waals surface area contributed by atoms with Crippen LogP contribution in [0, 0.1) is 6.92 Å². The van der Waals surface area contributed by atoms with Gasteiger partial charge in [0.1, 0.15) is 5.82 Å². The lowest BCUT2D eigenvalue weighted by atomic mass is 9.95. The van der Waals surface area contributed by atoms with Crippen molar-refractivity contribution in [2.75, 3.05) is 11.1 Å². The average molecular weight is 219 g/mol. The first-order valence-electron chi connectivity index (χ1n) is 5.86. The van der Waals surface area contributed by atoms with Gasteiger partial charge >= 0.3 is 0 Å². The molecule has 0 saturated carbocycles. The minimum absolute atomic E-state index is 0.354. The second-order valence-electron chi connectivity index (χ2n) is 4.81. The summed E-state index contributed by atoms with van der Waals surface area (Å²) in [6.07, 6.45) is 6.10. The highest BCUT2D eigenvalue weighted by Crippen LogP contribution is 2.36. The molecular weight excluding hydrogens is 202 g/mol. The van der Waals surface area contributed by atoms with Crippen LogP contribution in [0.5, 0.6) is 0 Å². The molecule has 1 aromatic heterocycles. The number of aryl methyl sites for hydroxylation is 1. The fourth-order valence-corrected chi connectivity index (χ4v) is 2.68. The van der Waals surface area contributed by atoms with Gasteiger partial charge in [0.05, 0.1) is 23.9 Å². The quantitative estimate of drug-likeness (QED) is 0.795. The fraction of sp³-hybridized carbons (Fsp3) is 0.583. The maximum Gasteiger partial charge on any atom is 0.149 e. The number of nitrogen functional groups attached to an aromatic ring is 1. The summed E-state index contributed by atoms with van der Waals surface area (Å²) in [6.45, 7) is 1.99. The molecular formula is C12H17N3O. The number of aromatic nitrogens is 1. The van der Waals surface area contributed by atoms with Crippen molar-refractivity contribution in [1.82, 2.24) is 4.98 Å². The van der Waals surface area contributed by atoms with Crippen molar-refractivity contribution in [2.45, 2.75) is 44.4 Å². The van der Waals surface area contributed by atoms with E-state index in [0.29, 0.717) is 18.2 Å². The van der Waals surface area contributed by atoms with Gasteiger partial charge in [-0.25, -0.2) is 4.98 Å². The van der Waals surface area contributed by atoms with Gasteiger partial charge in [0.25, 0.3) is 0 Å². The zero-order valence-corrected chi connectivity index (χ0v) is 9.44. The van der Waals surface area contributed by atoms with E-state index >= 15 is 0 Å². The van der Waals surface area contributed by atoms with Gasteiger partial charge in [-0.05, 0) is 37.8 Å². The molecule has 3 rings (SSSR count). The lowest BCUT2D eigenvalue weighted by Crippen LogP contribution is -2.31. The summed E-state index contributed by atoms with van der Waals surface area (Å²) >= 11 is 0. The fourth-order valence-electron chi connectivity index (χ4n) is 2.68. The van der Waals surface area contributed by atoms with Crippen LogP contribution in [0.25, 0.3) is 0 Å². The summed E-state index contributed by atoms with van der Waals surface area (Å²) < 4.78 is 5.79. The van der Waals surface area contributed by atoms with Gasteiger partial charge in [-0.3, -0.25) is 0 Å². The maximum atomic E-state index is 5.93. The highest BCUT2D eigenvalue weighted by molar-refractivity contribution is 5.62. The summed E-state index contributed by atoms with van der Waals surface area (Å²) in [7, 11) is 0. The third-order valence-corrected chi connectivity index (χ3v) is 3.48. The van der Waals surface area contributed by atoms with Gasteiger partial charge in [-0.1, -0.05) is 0 Å². The van der Waals surface area contributed by atoms with Crippen LogP contribution in [0.1, 0.15) is 24.8 Å². The molecule has 3 atom stereocenters. The van der Waals surface area contributed by atoms with E-state index in [1.54, 1.807) is 0 Å². The second kappa shape index (κ2) is 3.63. The highest BCUT2D eigenvalue weighted by atomic mass is 16.5. The molecule has 3 N–H and O–H groups in total. The molecule has 4 heteroatoms. The number of nitrogens with two attached hydrogens (primary N) is 1. The Hall–Kier alpha value is -1.29. The van der Waals surface area contributed by atoms with Gasteiger partial charge in [-0.15, -0.1) is 0 Å². The smallest absolute Gasteiger partial charge is 0.149 e. The number of hydrogen-bond donors (Lipinski definition) is 2. The molecule has 16 heavy (non-hydrogen) atoms. The minimum atomic E-state index is 0.354. The van der Waals surface area contributed by atoms with Crippen LogP contribution < -0.4 is 11.1 Å². The Bertz CT molecular complexity index is 407. The first kappa shape index (κ1) is 9.90. The van der Waals surface area contributed by atoms with Gasteiger partial charge in [0, 0.05) is 6.20 Å².